The molecule has 0 spiro atoms. The first kappa shape index (κ1) is 13.0. The van der Waals surface area contributed by atoms with E-state index in [1.807, 2.05) is 6.92 Å². The fourth-order valence-electron chi connectivity index (χ4n) is 2.26. The fraction of sp³-hybridized carbons (Fsp3) is 0.667. The lowest BCUT2D eigenvalue weighted by Crippen LogP contribution is -2.50. The summed E-state index contributed by atoms with van der Waals surface area (Å²) in [6.45, 7) is 6.17. The second kappa shape index (κ2) is 5.07. The highest BCUT2D eigenvalue weighted by Gasteiger charge is 2.31. The zero-order valence-corrected chi connectivity index (χ0v) is 10.8. The number of amides is 1. The van der Waals surface area contributed by atoms with Gasteiger partial charge in [0.05, 0.1) is 24.5 Å². The Morgan fingerprint density at radius 3 is 2.78 bits per heavy atom. The molecule has 2 atom stereocenters. The van der Waals surface area contributed by atoms with Gasteiger partial charge in [-0.2, -0.15) is 0 Å². The zero-order chi connectivity index (χ0) is 13.3. The lowest BCUT2D eigenvalue weighted by atomic mass is 10.1. The minimum atomic E-state index is -0.321. The van der Waals surface area contributed by atoms with Crippen LogP contribution in [0.1, 0.15) is 28.7 Å². The molecule has 1 saturated heterocycles. The summed E-state index contributed by atoms with van der Waals surface area (Å²) in [7, 11) is 0. The van der Waals surface area contributed by atoms with Crippen LogP contribution in [0, 0.1) is 13.8 Å². The Balaban J connectivity index is 2.18. The highest BCUT2D eigenvalue weighted by atomic mass is 16.5. The van der Waals surface area contributed by atoms with Crippen molar-refractivity contribution in [3.05, 3.63) is 17.0 Å². The Morgan fingerprint density at radius 1 is 1.50 bits per heavy atom. The molecular formula is C12H18N2O4. The molecule has 0 aromatic carbocycles. The molecule has 2 heterocycles. The Bertz CT molecular complexity index is 424. The Kier molecular flexibility index (Phi) is 3.68. The van der Waals surface area contributed by atoms with Crippen molar-refractivity contribution in [2.45, 2.75) is 33.0 Å². The van der Waals surface area contributed by atoms with Crippen molar-refractivity contribution in [2.24, 2.45) is 0 Å². The molecule has 0 saturated carbocycles. The van der Waals surface area contributed by atoms with Crippen molar-refractivity contribution in [3.8, 4) is 0 Å². The summed E-state index contributed by atoms with van der Waals surface area (Å²) in [5, 5.41) is 12.9. The minimum Gasteiger partial charge on any atom is -0.394 e. The summed E-state index contributed by atoms with van der Waals surface area (Å²) in [5.41, 5.74) is 1.11. The highest BCUT2D eigenvalue weighted by molar-refractivity contribution is 5.96. The number of hydrogen-bond donors (Lipinski definition) is 1. The summed E-state index contributed by atoms with van der Waals surface area (Å²) in [6.07, 6.45) is -0.404. The van der Waals surface area contributed by atoms with Gasteiger partial charge in [-0.05, 0) is 20.8 Å². The first-order valence-corrected chi connectivity index (χ1v) is 6.01. The molecule has 6 heteroatoms. The number of ether oxygens (including phenoxy) is 1. The second-order valence-electron chi connectivity index (χ2n) is 4.66. The number of carbonyl (C=O) groups excluding carboxylic acids is 1. The zero-order valence-electron chi connectivity index (χ0n) is 10.8. The van der Waals surface area contributed by atoms with Gasteiger partial charge in [0.1, 0.15) is 11.3 Å². The molecule has 1 amide bonds. The van der Waals surface area contributed by atoms with Gasteiger partial charge in [0.2, 0.25) is 0 Å². The van der Waals surface area contributed by atoms with Crippen molar-refractivity contribution in [2.75, 3.05) is 19.7 Å². The second-order valence-corrected chi connectivity index (χ2v) is 4.66. The summed E-state index contributed by atoms with van der Waals surface area (Å²) < 4.78 is 10.5. The molecule has 100 valence electrons. The number of rotatable bonds is 2. The van der Waals surface area contributed by atoms with Gasteiger partial charge >= 0.3 is 0 Å². The summed E-state index contributed by atoms with van der Waals surface area (Å²) in [6, 6.07) is 0. The number of morpholine rings is 1. The van der Waals surface area contributed by atoms with Crippen LogP contribution in [0.5, 0.6) is 0 Å². The van der Waals surface area contributed by atoms with Crippen LogP contribution in [0.2, 0.25) is 0 Å². The standard InChI is InChI=1S/C12H18N2O4/c1-7-4-14(5-10(6-15)17-7)12(16)11-8(2)13-18-9(11)3/h7,10,15H,4-6H2,1-3H3. The van der Waals surface area contributed by atoms with Crippen molar-refractivity contribution in [1.82, 2.24) is 10.1 Å². The van der Waals surface area contributed by atoms with Crippen LogP contribution in [0.4, 0.5) is 0 Å². The third kappa shape index (κ3) is 2.39. The van der Waals surface area contributed by atoms with E-state index >= 15 is 0 Å². The summed E-state index contributed by atoms with van der Waals surface area (Å²) in [4.78, 5) is 14.1. The third-order valence-corrected chi connectivity index (χ3v) is 3.06. The lowest BCUT2D eigenvalue weighted by molar-refractivity contribution is -0.0859. The first-order chi connectivity index (χ1) is 8.52. The number of aliphatic hydroxyl groups is 1. The van der Waals surface area contributed by atoms with E-state index in [1.165, 1.54) is 0 Å². The van der Waals surface area contributed by atoms with Crippen molar-refractivity contribution >= 4 is 5.91 Å². The molecule has 0 aliphatic carbocycles. The van der Waals surface area contributed by atoms with Gasteiger partial charge in [-0.1, -0.05) is 5.16 Å². The molecule has 1 fully saturated rings. The molecule has 0 bridgehead atoms. The average molecular weight is 254 g/mol. The van der Waals surface area contributed by atoms with E-state index in [0.29, 0.717) is 30.1 Å². The van der Waals surface area contributed by atoms with E-state index < -0.39 is 0 Å². The number of aliphatic hydroxyl groups excluding tert-OH is 1. The number of nitrogens with zero attached hydrogens (tertiary/aromatic N) is 2. The SMILES string of the molecule is Cc1noc(C)c1C(=O)N1CC(C)OC(CO)C1. The maximum absolute atomic E-state index is 12.4. The summed E-state index contributed by atoms with van der Waals surface area (Å²) in [5.74, 6) is 0.414. The molecule has 18 heavy (non-hydrogen) atoms. The maximum atomic E-state index is 12.4. The molecule has 2 unspecified atom stereocenters. The highest BCUT2D eigenvalue weighted by Crippen LogP contribution is 2.18. The van der Waals surface area contributed by atoms with Crippen molar-refractivity contribution < 1.29 is 19.2 Å². The molecule has 2 rings (SSSR count). The molecule has 1 aliphatic rings. The third-order valence-electron chi connectivity index (χ3n) is 3.06. The molecule has 0 radical (unpaired) electrons. The minimum absolute atomic E-state index is 0.0830. The van der Waals surface area contributed by atoms with Crippen LogP contribution in [-0.2, 0) is 4.74 Å². The topological polar surface area (TPSA) is 75.8 Å². The predicted molar refractivity (Wildman–Crippen MR) is 63.3 cm³/mol. The molecule has 1 aromatic rings. The van der Waals surface area contributed by atoms with Crippen LogP contribution < -0.4 is 0 Å². The fourth-order valence-corrected chi connectivity index (χ4v) is 2.26. The van der Waals surface area contributed by atoms with E-state index in [1.54, 1.807) is 18.7 Å². The van der Waals surface area contributed by atoms with Gasteiger partial charge in [-0.3, -0.25) is 4.79 Å². The van der Waals surface area contributed by atoms with Crippen molar-refractivity contribution in [3.63, 3.8) is 0 Å². The maximum Gasteiger partial charge on any atom is 0.259 e. The predicted octanol–water partition coefficient (Wildman–Crippen LogP) is 0.513. The van der Waals surface area contributed by atoms with E-state index in [0.717, 1.165) is 0 Å². The van der Waals surface area contributed by atoms with E-state index in [4.69, 9.17) is 14.4 Å². The number of aromatic nitrogens is 1. The molecule has 6 nitrogen and oxygen atoms in total. The number of carbonyl (C=O) groups is 1. The monoisotopic (exact) mass is 254 g/mol. The smallest absolute Gasteiger partial charge is 0.259 e. The van der Waals surface area contributed by atoms with Gasteiger partial charge in [-0.15, -0.1) is 0 Å². The molecule has 1 aromatic heterocycles. The number of hydrogen-bond acceptors (Lipinski definition) is 5. The van der Waals surface area contributed by atoms with Gasteiger partial charge in [0.25, 0.3) is 5.91 Å². The lowest BCUT2D eigenvalue weighted by Gasteiger charge is -2.36. The van der Waals surface area contributed by atoms with Gasteiger partial charge in [0, 0.05) is 13.1 Å². The van der Waals surface area contributed by atoms with Gasteiger partial charge in [-0.25, -0.2) is 0 Å². The normalized spacial score (nSPS) is 24.3. The number of aryl methyl sites for hydroxylation is 2. The average Bonchev–Trinajstić information content (AvgIpc) is 2.67. The van der Waals surface area contributed by atoms with Gasteiger partial charge in [0.15, 0.2) is 0 Å². The van der Waals surface area contributed by atoms with Gasteiger partial charge < -0.3 is 19.3 Å². The first-order valence-electron chi connectivity index (χ1n) is 6.01. The van der Waals surface area contributed by atoms with Crippen LogP contribution in [0.15, 0.2) is 4.52 Å². The largest absolute Gasteiger partial charge is 0.394 e. The molecule has 1 N–H and O–H groups in total. The van der Waals surface area contributed by atoms with Crippen LogP contribution in [0.25, 0.3) is 0 Å². The van der Waals surface area contributed by atoms with Crippen LogP contribution >= 0.6 is 0 Å². The van der Waals surface area contributed by atoms with Crippen LogP contribution in [-0.4, -0.2) is 53.0 Å². The van der Waals surface area contributed by atoms with Crippen LogP contribution in [0.3, 0.4) is 0 Å². The Labute approximate surface area is 106 Å². The Hall–Kier alpha value is -1.40. The molecular weight excluding hydrogens is 236 g/mol. The van der Waals surface area contributed by atoms with E-state index in [2.05, 4.69) is 5.16 Å². The van der Waals surface area contributed by atoms with E-state index in [-0.39, 0.29) is 24.7 Å². The molecule has 1 aliphatic heterocycles. The van der Waals surface area contributed by atoms with E-state index in [9.17, 15) is 4.79 Å². The quantitative estimate of drug-likeness (QED) is 0.832. The Morgan fingerprint density at radius 2 is 2.22 bits per heavy atom. The summed E-state index contributed by atoms with van der Waals surface area (Å²) >= 11 is 0. The van der Waals surface area contributed by atoms with Crippen molar-refractivity contribution in [1.29, 1.82) is 0 Å².